The molecule has 0 saturated heterocycles. The Kier molecular flexibility index (Phi) is 5.97. The van der Waals surface area contributed by atoms with Gasteiger partial charge in [0.15, 0.2) is 5.69 Å². The summed E-state index contributed by atoms with van der Waals surface area (Å²) in [5, 5.41) is 2.51. The minimum absolute atomic E-state index is 0.0979. The van der Waals surface area contributed by atoms with Crippen molar-refractivity contribution in [2.24, 2.45) is 0 Å². The number of amides is 1. The van der Waals surface area contributed by atoms with E-state index >= 15 is 0 Å². The minimum Gasteiger partial charge on any atom is -0.462 e. The van der Waals surface area contributed by atoms with Crippen LogP contribution < -0.4 is 5.32 Å². The van der Waals surface area contributed by atoms with Crippen molar-refractivity contribution in [3.05, 3.63) is 70.7 Å². The van der Waals surface area contributed by atoms with Gasteiger partial charge in [-0.3, -0.25) is 4.79 Å². The van der Waals surface area contributed by atoms with E-state index in [-0.39, 0.29) is 22.9 Å². The smallest absolute Gasteiger partial charge is 0.435 e. The van der Waals surface area contributed by atoms with E-state index < -0.39 is 28.6 Å². The molecule has 3 aromatic rings. The van der Waals surface area contributed by atoms with Gasteiger partial charge in [0.05, 0.1) is 12.2 Å². The zero-order valence-corrected chi connectivity index (χ0v) is 15.9. The van der Waals surface area contributed by atoms with Crippen LogP contribution in [0.1, 0.15) is 32.6 Å². The van der Waals surface area contributed by atoms with E-state index in [1.165, 1.54) is 24.3 Å². The molecule has 0 fully saturated rings. The van der Waals surface area contributed by atoms with Crippen LogP contribution in [-0.2, 0) is 10.9 Å². The first-order chi connectivity index (χ1) is 13.8. The number of aromatic nitrogens is 1. The molecule has 0 atom stereocenters. The lowest BCUT2D eigenvalue weighted by molar-refractivity contribution is -0.141. The molecule has 0 bridgehead atoms. The van der Waals surface area contributed by atoms with Crippen molar-refractivity contribution in [2.45, 2.75) is 13.1 Å². The van der Waals surface area contributed by atoms with Crippen LogP contribution >= 0.6 is 11.3 Å². The van der Waals surface area contributed by atoms with E-state index in [0.29, 0.717) is 16.9 Å². The highest BCUT2D eigenvalue weighted by molar-refractivity contribution is 7.17. The molecule has 9 heteroatoms. The first kappa shape index (κ1) is 20.5. The number of halogens is 3. The number of hydrogen-bond acceptors (Lipinski definition) is 5. The highest BCUT2D eigenvalue weighted by Crippen LogP contribution is 2.38. The van der Waals surface area contributed by atoms with Crippen molar-refractivity contribution in [1.29, 1.82) is 0 Å². The van der Waals surface area contributed by atoms with Gasteiger partial charge in [0.2, 0.25) is 0 Å². The van der Waals surface area contributed by atoms with Gasteiger partial charge in [-0.2, -0.15) is 13.2 Å². The van der Waals surface area contributed by atoms with E-state index in [4.69, 9.17) is 4.74 Å². The fourth-order valence-electron chi connectivity index (χ4n) is 2.46. The maximum atomic E-state index is 13.4. The molecular weight excluding hydrogens is 405 g/mol. The number of carbonyl (C=O) groups is 2. The molecule has 0 radical (unpaired) electrons. The third kappa shape index (κ3) is 4.80. The Labute approximate surface area is 168 Å². The van der Waals surface area contributed by atoms with Crippen LogP contribution in [0, 0.1) is 0 Å². The number of esters is 1. The Bertz CT molecular complexity index is 1020. The summed E-state index contributed by atoms with van der Waals surface area (Å²) in [7, 11) is 0. The van der Waals surface area contributed by atoms with Crippen LogP contribution in [0.3, 0.4) is 0 Å². The molecule has 1 aromatic heterocycles. The number of rotatable bonds is 5. The van der Waals surface area contributed by atoms with Crippen LogP contribution in [0.5, 0.6) is 0 Å². The lowest BCUT2D eigenvalue weighted by atomic mass is 10.2. The molecule has 1 heterocycles. The molecule has 0 unspecified atom stereocenters. The number of nitrogens with zero attached hydrogens (tertiary/aromatic N) is 1. The van der Waals surface area contributed by atoms with Crippen LogP contribution in [0.15, 0.2) is 54.6 Å². The Morgan fingerprint density at radius 1 is 1.07 bits per heavy atom. The summed E-state index contributed by atoms with van der Waals surface area (Å²) < 4.78 is 45.1. The van der Waals surface area contributed by atoms with Gasteiger partial charge in [0.1, 0.15) is 9.88 Å². The highest BCUT2D eigenvalue weighted by atomic mass is 32.1. The minimum atomic E-state index is -4.77. The molecule has 1 amide bonds. The summed E-state index contributed by atoms with van der Waals surface area (Å²) in [6.45, 7) is 1.89. The monoisotopic (exact) mass is 420 g/mol. The Morgan fingerprint density at radius 3 is 2.31 bits per heavy atom. The van der Waals surface area contributed by atoms with E-state index in [0.717, 1.165) is 0 Å². The second-order valence-electron chi connectivity index (χ2n) is 5.81. The number of ether oxygens (including phenoxy) is 1. The molecule has 3 rings (SSSR count). The van der Waals surface area contributed by atoms with Crippen molar-refractivity contribution in [2.75, 3.05) is 11.9 Å². The zero-order valence-electron chi connectivity index (χ0n) is 15.1. The largest absolute Gasteiger partial charge is 0.462 e. The van der Waals surface area contributed by atoms with Crippen molar-refractivity contribution >= 4 is 28.9 Å². The van der Waals surface area contributed by atoms with Gasteiger partial charge in [-0.25, -0.2) is 9.78 Å². The third-order valence-electron chi connectivity index (χ3n) is 3.78. The van der Waals surface area contributed by atoms with Gasteiger partial charge in [-0.05, 0) is 31.2 Å². The lowest BCUT2D eigenvalue weighted by Crippen LogP contribution is -2.17. The third-order valence-corrected chi connectivity index (χ3v) is 4.88. The molecule has 5 nitrogen and oxygen atoms in total. The van der Waals surface area contributed by atoms with Gasteiger partial charge < -0.3 is 10.1 Å². The van der Waals surface area contributed by atoms with Gasteiger partial charge in [0, 0.05) is 11.3 Å². The maximum Gasteiger partial charge on any atom is 0.435 e. The molecule has 0 aliphatic rings. The fourth-order valence-corrected chi connectivity index (χ4v) is 3.45. The second-order valence-corrected chi connectivity index (χ2v) is 6.81. The molecule has 29 heavy (non-hydrogen) atoms. The summed E-state index contributed by atoms with van der Waals surface area (Å²) in [5.41, 5.74) is -0.237. The number of anilines is 1. The van der Waals surface area contributed by atoms with Crippen LogP contribution in [-0.4, -0.2) is 23.5 Å². The predicted molar refractivity (Wildman–Crippen MR) is 103 cm³/mol. The summed E-state index contributed by atoms with van der Waals surface area (Å²) in [5.74, 6) is -1.46. The second kappa shape index (κ2) is 8.44. The summed E-state index contributed by atoms with van der Waals surface area (Å²) in [6.07, 6.45) is -4.77. The maximum absolute atomic E-state index is 13.4. The number of nitrogens with one attached hydrogen (secondary N) is 1. The van der Waals surface area contributed by atoms with Crippen molar-refractivity contribution in [3.8, 4) is 10.6 Å². The van der Waals surface area contributed by atoms with Gasteiger partial charge >= 0.3 is 12.1 Å². The Morgan fingerprint density at radius 2 is 1.72 bits per heavy atom. The van der Waals surface area contributed by atoms with Crippen LogP contribution in [0.2, 0.25) is 0 Å². The first-order valence-corrected chi connectivity index (χ1v) is 9.33. The normalized spacial score (nSPS) is 11.2. The Hall–Kier alpha value is -3.20. The summed E-state index contributed by atoms with van der Waals surface area (Å²) in [6, 6.07) is 14.0. The zero-order chi connectivity index (χ0) is 21.0. The first-order valence-electron chi connectivity index (χ1n) is 8.51. The van der Waals surface area contributed by atoms with Gasteiger partial charge in [-0.1, -0.05) is 30.3 Å². The number of carbonyl (C=O) groups excluding carboxylic acids is 2. The average molecular weight is 420 g/mol. The molecule has 0 spiro atoms. The molecule has 0 aliphatic heterocycles. The molecule has 150 valence electrons. The molecule has 0 aliphatic carbocycles. The molecule has 1 N–H and O–H groups in total. The quantitative estimate of drug-likeness (QED) is 0.572. The van der Waals surface area contributed by atoms with Gasteiger partial charge in [-0.15, -0.1) is 11.3 Å². The lowest BCUT2D eigenvalue weighted by Gasteiger charge is -2.08. The fraction of sp³-hybridized carbons (Fsp3) is 0.150. The molecule has 0 saturated carbocycles. The number of thiazole rings is 1. The topological polar surface area (TPSA) is 68.3 Å². The number of benzene rings is 2. The summed E-state index contributed by atoms with van der Waals surface area (Å²) >= 11 is 0.664. The highest BCUT2D eigenvalue weighted by Gasteiger charge is 2.39. The van der Waals surface area contributed by atoms with E-state index in [2.05, 4.69) is 10.3 Å². The summed E-state index contributed by atoms with van der Waals surface area (Å²) in [4.78, 5) is 27.3. The average Bonchev–Trinajstić information content (AvgIpc) is 3.16. The van der Waals surface area contributed by atoms with Crippen LogP contribution in [0.4, 0.5) is 18.9 Å². The van der Waals surface area contributed by atoms with Crippen molar-refractivity contribution < 1.29 is 27.5 Å². The molecular formula is C20H15F3N2O3S. The number of hydrogen-bond donors (Lipinski definition) is 1. The van der Waals surface area contributed by atoms with Crippen molar-refractivity contribution in [1.82, 2.24) is 4.98 Å². The van der Waals surface area contributed by atoms with Gasteiger partial charge in [0.25, 0.3) is 5.91 Å². The Balaban J connectivity index is 1.86. The van der Waals surface area contributed by atoms with Crippen LogP contribution in [0.25, 0.3) is 10.6 Å². The SMILES string of the molecule is CCOC(=O)c1ccc(NC(=O)c2sc(-c3ccccc3)nc2C(F)(F)F)cc1. The van der Waals surface area contributed by atoms with E-state index in [1.807, 2.05) is 0 Å². The molecule has 2 aromatic carbocycles. The predicted octanol–water partition coefficient (Wildman–Crippen LogP) is 5.26. The van der Waals surface area contributed by atoms with E-state index in [9.17, 15) is 22.8 Å². The standard InChI is InChI=1S/C20H15F3N2O3S/c1-2-28-19(27)13-8-10-14(11-9-13)24-17(26)15-16(20(21,22)23)25-18(29-15)12-6-4-3-5-7-12/h3-11H,2H2,1H3,(H,24,26). The van der Waals surface area contributed by atoms with Crippen molar-refractivity contribution in [3.63, 3.8) is 0 Å². The number of alkyl halides is 3. The van der Waals surface area contributed by atoms with E-state index in [1.54, 1.807) is 37.3 Å².